The van der Waals surface area contributed by atoms with Crippen LogP contribution >= 0.6 is 0 Å². The van der Waals surface area contributed by atoms with Gasteiger partial charge in [0.1, 0.15) is 0 Å². The summed E-state index contributed by atoms with van der Waals surface area (Å²) >= 11 is 0. The summed E-state index contributed by atoms with van der Waals surface area (Å²) in [7, 11) is 0. The summed E-state index contributed by atoms with van der Waals surface area (Å²) in [6, 6.07) is 6.83. The molecule has 1 aromatic carbocycles. The van der Waals surface area contributed by atoms with Crippen LogP contribution in [0.2, 0.25) is 0 Å². The Balaban J connectivity index is 2.40. The number of nitrogens with zero attached hydrogens (tertiary/aromatic N) is 2. The molecule has 5 heteroatoms. The summed E-state index contributed by atoms with van der Waals surface area (Å²) in [4.78, 5) is 27.3. The molecule has 0 fully saturated rings. The van der Waals surface area contributed by atoms with Gasteiger partial charge in [-0.05, 0) is 19.1 Å². The highest BCUT2D eigenvalue weighted by Gasteiger charge is 2.20. The van der Waals surface area contributed by atoms with Gasteiger partial charge in [0.15, 0.2) is 0 Å². The molecule has 92 valence electrons. The summed E-state index contributed by atoms with van der Waals surface area (Å²) in [6.45, 7) is 1.84. The van der Waals surface area contributed by atoms with E-state index in [-0.39, 0.29) is 6.61 Å². The van der Waals surface area contributed by atoms with Crippen LogP contribution in [-0.4, -0.2) is 27.9 Å². The molecular weight excluding hydrogens is 232 g/mol. The number of hydrogen-bond donors (Lipinski definition) is 0. The number of carbonyl (C=O) groups excluding carboxylic acids is 2. The molecule has 0 aliphatic heterocycles. The van der Waals surface area contributed by atoms with Gasteiger partial charge in [0.2, 0.25) is 0 Å². The average molecular weight is 244 g/mol. The fourth-order valence-electron chi connectivity index (χ4n) is 1.60. The van der Waals surface area contributed by atoms with Crippen LogP contribution in [0.15, 0.2) is 43.0 Å². The van der Waals surface area contributed by atoms with Crippen LogP contribution in [0.1, 0.15) is 17.3 Å². The Morgan fingerprint density at radius 3 is 2.78 bits per heavy atom. The molecule has 18 heavy (non-hydrogen) atoms. The number of rotatable bonds is 4. The van der Waals surface area contributed by atoms with Crippen LogP contribution in [-0.2, 0) is 9.53 Å². The molecule has 0 radical (unpaired) electrons. The topological polar surface area (TPSA) is 61.2 Å². The number of imidazole rings is 1. The second-order valence-electron chi connectivity index (χ2n) is 3.54. The van der Waals surface area contributed by atoms with E-state index in [1.165, 1.54) is 0 Å². The lowest BCUT2D eigenvalue weighted by molar-refractivity contribution is -0.137. The van der Waals surface area contributed by atoms with Crippen LogP contribution < -0.4 is 0 Å². The number of hydrogen-bond acceptors (Lipinski definition) is 4. The number of ether oxygens (including phenoxy) is 1. The molecule has 0 N–H and O–H groups in total. The van der Waals surface area contributed by atoms with E-state index in [1.54, 1.807) is 54.5 Å². The highest BCUT2D eigenvalue weighted by atomic mass is 16.5. The zero-order valence-corrected chi connectivity index (χ0v) is 9.87. The lowest BCUT2D eigenvalue weighted by atomic mass is 10.1. The normalized spacial score (nSPS) is 10.1. The smallest absolute Gasteiger partial charge is 0.379 e. The van der Waals surface area contributed by atoms with E-state index in [4.69, 9.17) is 4.74 Å². The highest BCUT2D eigenvalue weighted by molar-refractivity contribution is 6.41. The summed E-state index contributed by atoms with van der Waals surface area (Å²) in [6.07, 6.45) is 4.88. The summed E-state index contributed by atoms with van der Waals surface area (Å²) in [5.41, 5.74) is 0.905. The first-order chi connectivity index (χ1) is 8.74. The van der Waals surface area contributed by atoms with Crippen LogP contribution in [0, 0.1) is 0 Å². The van der Waals surface area contributed by atoms with Gasteiger partial charge in [-0.2, -0.15) is 0 Å². The molecule has 2 aromatic rings. The van der Waals surface area contributed by atoms with Gasteiger partial charge in [0, 0.05) is 12.4 Å². The Morgan fingerprint density at radius 1 is 1.33 bits per heavy atom. The van der Waals surface area contributed by atoms with E-state index in [0.717, 1.165) is 0 Å². The Kier molecular flexibility index (Phi) is 3.52. The van der Waals surface area contributed by atoms with E-state index in [2.05, 4.69) is 4.98 Å². The second kappa shape index (κ2) is 5.27. The molecule has 1 aromatic heterocycles. The zero-order valence-electron chi connectivity index (χ0n) is 9.87. The molecule has 0 unspecified atom stereocenters. The predicted molar refractivity (Wildman–Crippen MR) is 64.5 cm³/mol. The van der Waals surface area contributed by atoms with Crippen molar-refractivity contribution in [2.24, 2.45) is 0 Å². The Labute approximate surface area is 104 Å². The molecule has 5 nitrogen and oxygen atoms in total. The lowest BCUT2D eigenvalue weighted by Gasteiger charge is -2.08. The zero-order chi connectivity index (χ0) is 13.0. The second-order valence-corrected chi connectivity index (χ2v) is 3.54. The van der Waals surface area contributed by atoms with Gasteiger partial charge in [-0.1, -0.05) is 12.1 Å². The van der Waals surface area contributed by atoms with Crippen molar-refractivity contribution in [3.63, 3.8) is 0 Å². The first-order valence-electron chi connectivity index (χ1n) is 5.53. The largest absolute Gasteiger partial charge is 0.460 e. The quantitative estimate of drug-likeness (QED) is 0.466. The standard InChI is InChI=1S/C13H12N2O3/c1-2-18-13(17)12(16)10-5-3-4-6-11(10)15-8-7-14-9-15/h3-9H,2H2,1H3. The van der Waals surface area contributed by atoms with Crippen molar-refractivity contribution in [1.82, 2.24) is 9.55 Å². The van der Waals surface area contributed by atoms with Gasteiger partial charge in [0.25, 0.3) is 5.78 Å². The molecule has 0 saturated carbocycles. The summed E-state index contributed by atoms with van der Waals surface area (Å²) < 4.78 is 6.39. The molecule has 0 spiro atoms. The van der Waals surface area contributed by atoms with Crippen LogP contribution in [0.4, 0.5) is 0 Å². The third kappa shape index (κ3) is 2.29. The Bertz CT molecular complexity index is 561. The van der Waals surface area contributed by atoms with Crippen molar-refractivity contribution >= 4 is 11.8 Å². The molecule has 1 heterocycles. The van der Waals surface area contributed by atoms with Crippen molar-refractivity contribution < 1.29 is 14.3 Å². The SMILES string of the molecule is CCOC(=O)C(=O)c1ccccc1-n1ccnc1. The number of carbonyl (C=O) groups is 2. The number of benzene rings is 1. The van der Waals surface area contributed by atoms with Crippen LogP contribution in [0.3, 0.4) is 0 Å². The maximum absolute atomic E-state index is 11.9. The van der Waals surface area contributed by atoms with E-state index in [9.17, 15) is 9.59 Å². The van der Waals surface area contributed by atoms with E-state index in [1.807, 2.05) is 0 Å². The molecule has 0 aliphatic carbocycles. The summed E-state index contributed by atoms with van der Waals surface area (Å²) in [5, 5.41) is 0. The van der Waals surface area contributed by atoms with Crippen LogP contribution in [0.25, 0.3) is 5.69 Å². The third-order valence-corrected chi connectivity index (χ3v) is 2.39. The molecular formula is C13H12N2O3. The highest BCUT2D eigenvalue weighted by Crippen LogP contribution is 2.15. The van der Waals surface area contributed by atoms with Crippen LogP contribution in [0.5, 0.6) is 0 Å². The van der Waals surface area contributed by atoms with Crippen molar-refractivity contribution in [3.8, 4) is 5.69 Å². The first-order valence-corrected chi connectivity index (χ1v) is 5.53. The first kappa shape index (κ1) is 12.0. The predicted octanol–water partition coefficient (Wildman–Crippen LogP) is 1.62. The van der Waals surface area contributed by atoms with Crippen molar-refractivity contribution in [1.29, 1.82) is 0 Å². The molecule has 0 atom stereocenters. The number of ketones is 1. The minimum Gasteiger partial charge on any atom is -0.460 e. The van der Waals surface area contributed by atoms with Gasteiger partial charge in [-0.3, -0.25) is 4.79 Å². The Hall–Kier alpha value is -2.43. The van der Waals surface area contributed by atoms with Gasteiger partial charge >= 0.3 is 5.97 Å². The van der Waals surface area contributed by atoms with Gasteiger partial charge in [0.05, 0.1) is 24.2 Å². The average Bonchev–Trinajstić information content (AvgIpc) is 2.92. The summed E-state index contributed by atoms with van der Waals surface area (Å²) in [5.74, 6) is -1.49. The number of esters is 1. The fourth-order valence-corrected chi connectivity index (χ4v) is 1.60. The van der Waals surface area contributed by atoms with Crippen molar-refractivity contribution in [3.05, 3.63) is 48.5 Å². The fraction of sp³-hybridized carbons (Fsp3) is 0.154. The van der Waals surface area contributed by atoms with E-state index >= 15 is 0 Å². The maximum atomic E-state index is 11.9. The van der Waals surface area contributed by atoms with Crippen molar-refractivity contribution in [2.45, 2.75) is 6.92 Å². The Morgan fingerprint density at radius 2 is 2.11 bits per heavy atom. The van der Waals surface area contributed by atoms with Gasteiger partial charge < -0.3 is 9.30 Å². The van der Waals surface area contributed by atoms with Gasteiger partial charge in [-0.25, -0.2) is 9.78 Å². The third-order valence-electron chi connectivity index (χ3n) is 2.39. The number of para-hydroxylation sites is 1. The van der Waals surface area contributed by atoms with E-state index < -0.39 is 11.8 Å². The monoisotopic (exact) mass is 244 g/mol. The molecule has 0 amide bonds. The van der Waals surface area contributed by atoms with Crippen molar-refractivity contribution in [2.75, 3.05) is 6.61 Å². The molecule has 0 bridgehead atoms. The lowest BCUT2D eigenvalue weighted by Crippen LogP contribution is -2.19. The minimum absolute atomic E-state index is 0.178. The maximum Gasteiger partial charge on any atom is 0.379 e. The number of Topliss-reactive ketones (excluding diaryl/α,β-unsaturated/α-hetero) is 1. The number of aromatic nitrogens is 2. The molecule has 0 saturated heterocycles. The van der Waals surface area contributed by atoms with Gasteiger partial charge in [-0.15, -0.1) is 0 Å². The van der Waals surface area contributed by atoms with E-state index in [0.29, 0.717) is 11.3 Å². The molecule has 0 aliphatic rings. The molecule has 2 rings (SSSR count). The minimum atomic E-state index is -0.843.